The summed E-state index contributed by atoms with van der Waals surface area (Å²) in [5, 5.41) is 0. The molecule has 0 atom stereocenters. The van der Waals surface area contributed by atoms with Gasteiger partial charge in [-0.1, -0.05) is 12.2 Å². The highest BCUT2D eigenvalue weighted by Gasteiger charge is 2.11. The Morgan fingerprint density at radius 2 is 1.92 bits per heavy atom. The summed E-state index contributed by atoms with van der Waals surface area (Å²) in [6, 6.07) is 4.45. The first-order valence-corrected chi connectivity index (χ1v) is 4.22. The van der Waals surface area contributed by atoms with Crippen molar-refractivity contribution in [1.29, 1.82) is 0 Å². The summed E-state index contributed by atoms with van der Waals surface area (Å²) in [6.07, 6.45) is 4.09. The lowest BCUT2D eigenvalue weighted by Crippen LogP contribution is -2.19. The van der Waals surface area contributed by atoms with Crippen LogP contribution in [0.5, 0.6) is 0 Å². The van der Waals surface area contributed by atoms with E-state index in [0.717, 1.165) is 18.8 Å². The third-order valence-corrected chi connectivity index (χ3v) is 2.15. The monoisotopic (exact) mass is 178 g/mol. The van der Waals surface area contributed by atoms with Gasteiger partial charge in [0.2, 0.25) is 0 Å². The van der Waals surface area contributed by atoms with Crippen LogP contribution in [0.25, 0.3) is 0 Å². The smallest absolute Gasteiger partial charge is 0.125 e. The maximum atomic E-state index is 12.9. The summed E-state index contributed by atoms with van der Waals surface area (Å²) in [7, 11) is 0. The van der Waals surface area contributed by atoms with Crippen molar-refractivity contribution in [3.63, 3.8) is 0 Å². The second-order valence-corrected chi connectivity index (χ2v) is 3.08. The van der Waals surface area contributed by atoms with Crippen LogP contribution in [0.1, 0.15) is 0 Å². The van der Waals surface area contributed by atoms with Crippen LogP contribution in [0.15, 0.2) is 30.4 Å². The molecule has 13 heavy (non-hydrogen) atoms. The zero-order valence-corrected chi connectivity index (χ0v) is 7.20. The molecule has 1 aliphatic rings. The van der Waals surface area contributed by atoms with Gasteiger partial charge in [0.25, 0.3) is 0 Å². The van der Waals surface area contributed by atoms with Crippen molar-refractivity contribution in [3.8, 4) is 0 Å². The van der Waals surface area contributed by atoms with Gasteiger partial charge in [0, 0.05) is 13.1 Å². The Balaban J connectivity index is 2.33. The van der Waals surface area contributed by atoms with Gasteiger partial charge in [-0.3, -0.25) is 0 Å². The lowest BCUT2D eigenvalue weighted by molar-refractivity contribution is 0.627. The fraction of sp³-hybridized carbons (Fsp3) is 0.200. The van der Waals surface area contributed by atoms with Crippen LogP contribution < -0.4 is 10.6 Å². The zero-order chi connectivity index (χ0) is 9.26. The number of nitrogen functional groups attached to an aromatic ring is 1. The number of hydrogen-bond acceptors (Lipinski definition) is 2. The SMILES string of the molecule is Nc1ccc(F)cc1N1CC=CC1. The molecule has 1 heterocycles. The minimum Gasteiger partial charge on any atom is -0.397 e. The summed E-state index contributed by atoms with van der Waals surface area (Å²) >= 11 is 0. The second kappa shape index (κ2) is 3.09. The Bertz CT molecular complexity index is 339. The average molecular weight is 178 g/mol. The molecule has 0 aromatic heterocycles. The first-order chi connectivity index (χ1) is 6.27. The van der Waals surface area contributed by atoms with E-state index in [1.165, 1.54) is 12.1 Å². The quantitative estimate of drug-likeness (QED) is 0.524. The van der Waals surface area contributed by atoms with E-state index in [-0.39, 0.29) is 5.82 Å². The van der Waals surface area contributed by atoms with Crippen LogP contribution in [0.3, 0.4) is 0 Å². The molecule has 0 fully saturated rings. The number of benzene rings is 1. The minimum absolute atomic E-state index is 0.240. The van der Waals surface area contributed by atoms with E-state index in [0.29, 0.717) is 5.69 Å². The number of halogens is 1. The normalized spacial score (nSPS) is 15.3. The lowest BCUT2D eigenvalue weighted by Gasteiger charge is -2.19. The van der Waals surface area contributed by atoms with Gasteiger partial charge in [0.15, 0.2) is 0 Å². The maximum absolute atomic E-state index is 12.9. The minimum atomic E-state index is -0.240. The van der Waals surface area contributed by atoms with E-state index in [1.54, 1.807) is 6.07 Å². The highest BCUT2D eigenvalue weighted by atomic mass is 19.1. The predicted molar refractivity (Wildman–Crippen MR) is 52.2 cm³/mol. The Morgan fingerprint density at radius 1 is 1.23 bits per heavy atom. The standard InChI is InChI=1S/C10H11FN2/c11-8-3-4-9(12)10(7-8)13-5-1-2-6-13/h1-4,7H,5-6,12H2. The van der Waals surface area contributed by atoms with Crippen molar-refractivity contribution < 1.29 is 4.39 Å². The molecule has 0 bridgehead atoms. The van der Waals surface area contributed by atoms with Crippen LogP contribution in [0.4, 0.5) is 15.8 Å². The largest absolute Gasteiger partial charge is 0.397 e. The van der Waals surface area contributed by atoms with Gasteiger partial charge in [-0.15, -0.1) is 0 Å². The Labute approximate surface area is 76.5 Å². The molecule has 68 valence electrons. The molecule has 2 rings (SSSR count). The molecule has 3 heteroatoms. The number of anilines is 2. The van der Waals surface area contributed by atoms with Gasteiger partial charge in [-0.2, -0.15) is 0 Å². The van der Waals surface area contributed by atoms with E-state index < -0.39 is 0 Å². The maximum Gasteiger partial charge on any atom is 0.125 e. The van der Waals surface area contributed by atoms with Crippen molar-refractivity contribution in [3.05, 3.63) is 36.2 Å². The van der Waals surface area contributed by atoms with E-state index in [4.69, 9.17) is 5.73 Å². The average Bonchev–Trinajstić information content (AvgIpc) is 2.61. The number of rotatable bonds is 1. The Kier molecular flexibility index (Phi) is 1.93. The molecular formula is C10H11FN2. The number of hydrogen-bond donors (Lipinski definition) is 1. The molecule has 0 unspecified atom stereocenters. The molecule has 0 amide bonds. The predicted octanol–water partition coefficient (Wildman–Crippen LogP) is 1.78. The number of nitrogens with two attached hydrogens (primary N) is 1. The Hall–Kier alpha value is -1.51. The summed E-state index contributed by atoms with van der Waals surface area (Å²) in [5.41, 5.74) is 7.15. The van der Waals surface area contributed by atoms with Crippen molar-refractivity contribution in [1.82, 2.24) is 0 Å². The molecule has 0 radical (unpaired) electrons. The summed E-state index contributed by atoms with van der Waals surface area (Å²) in [5.74, 6) is -0.240. The first-order valence-electron chi connectivity index (χ1n) is 4.22. The molecule has 1 aliphatic heterocycles. The van der Waals surface area contributed by atoms with Gasteiger partial charge >= 0.3 is 0 Å². The van der Waals surface area contributed by atoms with E-state index in [2.05, 4.69) is 0 Å². The van der Waals surface area contributed by atoms with Crippen molar-refractivity contribution in [2.45, 2.75) is 0 Å². The molecule has 0 aliphatic carbocycles. The van der Waals surface area contributed by atoms with E-state index in [1.807, 2.05) is 17.1 Å². The van der Waals surface area contributed by atoms with Crippen molar-refractivity contribution in [2.24, 2.45) is 0 Å². The first kappa shape index (κ1) is 8.10. The lowest BCUT2D eigenvalue weighted by atomic mass is 10.2. The van der Waals surface area contributed by atoms with Crippen LogP contribution in [0, 0.1) is 5.82 Å². The van der Waals surface area contributed by atoms with Crippen LogP contribution in [-0.4, -0.2) is 13.1 Å². The van der Waals surface area contributed by atoms with Gasteiger partial charge in [-0.05, 0) is 18.2 Å². The molecule has 1 aromatic rings. The van der Waals surface area contributed by atoms with Crippen LogP contribution in [0.2, 0.25) is 0 Å². The molecule has 0 spiro atoms. The summed E-state index contributed by atoms with van der Waals surface area (Å²) < 4.78 is 12.9. The van der Waals surface area contributed by atoms with Crippen LogP contribution in [-0.2, 0) is 0 Å². The van der Waals surface area contributed by atoms with Crippen molar-refractivity contribution >= 4 is 11.4 Å². The highest BCUT2D eigenvalue weighted by molar-refractivity contribution is 5.68. The van der Waals surface area contributed by atoms with Crippen molar-refractivity contribution in [2.75, 3.05) is 23.7 Å². The van der Waals surface area contributed by atoms with E-state index >= 15 is 0 Å². The molecule has 0 saturated heterocycles. The molecule has 2 N–H and O–H groups in total. The van der Waals surface area contributed by atoms with Gasteiger partial charge < -0.3 is 10.6 Å². The third kappa shape index (κ3) is 1.49. The topological polar surface area (TPSA) is 29.3 Å². The van der Waals surface area contributed by atoms with Gasteiger partial charge in [-0.25, -0.2) is 4.39 Å². The zero-order valence-electron chi connectivity index (χ0n) is 7.20. The fourth-order valence-corrected chi connectivity index (χ4v) is 1.47. The third-order valence-electron chi connectivity index (χ3n) is 2.15. The highest BCUT2D eigenvalue weighted by Crippen LogP contribution is 2.25. The fourth-order valence-electron chi connectivity index (χ4n) is 1.47. The van der Waals surface area contributed by atoms with Crippen LogP contribution >= 0.6 is 0 Å². The molecule has 1 aromatic carbocycles. The Morgan fingerprint density at radius 3 is 2.62 bits per heavy atom. The second-order valence-electron chi connectivity index (χ2n) is 3.08. The van der Waals surface area contributed by atoms with Gasteiger partial charge in [0.1, 0.15) is 5.82 Å². The summed E-state index contributed by atoms with van der Waals surface area (Å²) in [6.45, 7) is 1.63. The number of nitrogens with zero attached hydrogens (tertiary/aromatic N) is 1. The van der Waals surface area contributed by atoms with E-state index in [9.17, 15) is 4.39 Å². The molecular weight excluding hydrogens is 167 g/mol. The molecule has 2 nitrogen and oxygen atoms in total. The van der Waals surface area contributed by atoms with Gasteiger partial charge in [0.05, 0.1) is 11.4 Å². The molecule has 0 saturated carbocycles. The summed E-state index contributed by atoms with van der Waals surface area (Å²) in [4.78, 5) is 2.03.